The van der Waals surface area contributed by atoms with Crippen LogP contribution in [0.15, 0.2) is 12.4 Å². The van der Waals surface area contributed by atoms with E-state index in [1.807, 2.05) is 0 Å². The van der Waals surface area contributed by atoms with Crippen molar-refractivity contribution in [2.24, 2.45) is 0 Å². The van der Waals surface area contributed by atoms with Crippen molar-refractivity contribution in [2.45, 2.75) is 18.9 Å². The molecule has 0 saturated carbocycles. The number of ether oxygens (including phenoxy) is 1. The van der Waals surface area contributed by atoms with E-state index >= 15 is 0 Å². The Hall–Kier alpha value is -1.07. The van der Waals surface area contributed by atoms with Crippen molar-refractivity contribution in [2.75, 3.05) is 5.73 Å². The zero-order chi connectivity index (χ0) is 7.84. The Morgan fingerprint density at radius 2 is 2.55 bits per heavy atom. The second kappa shape index (κ2) is 2.21. The Kier molecular flexibility index (Phi) is 1.33. The molecule has 1 aliphatic heterocycles. The summed E-state index contributed by atoms with van der Waals surface area (Å²) < 4.78 is 6.53. The molecular formula is C6H9N3O2. The monoisotopic (exact) mass is 155 g/mol. The van der Waals surface area contributed by atoms with Crippen LogP contribution in [0.1, 0.15) is 0 Å². The summed E-state index contributed by atoms with van der Waals surface area (Å²) in [5, 5.41) is 8.82. The summed E-state index contributed by atoms with van der Waals surface area (Å²) in [4.78, 5) is 3.83. The predicted octanol–water partition coefficient (Wildman–Crippen LogP) is -0.818. The van der Waals surface area contributed by atoms with Crippen LogP contribution in [0.2, 0.25) is 0 Å². The number of hydrogen-bond donors (Lipinski definition) is 2. The van der Waals surface area contributed by atoms with Crippen LogP contribution in [0.3, 0.4) is 0 Å². The number of epoxide rings is 1. The van der Waals surface area contributed by atoms with Gasteiger partial charge in [-0.1, -0.05) is 0 Å². The van der Waals surface area contributed by atoms with E-state index in [1.54, 1.807) is 17.0 Å². The molecular weight excluding hydrogens is 146 g/mol. The maximum Gasteiger partial charge on any atom is 0.200 e. The van der Waals surface area contributed by atoms with Gasteiger partial charge < -0.3 is 20.1 Å². The van der Waals surface area contributed by atoms with Crippen LogP contribution in [0.4, 0.5) is 5.95 Å². The van der Waals surface area contributed by atoms with Gasteiger partial charge in [0, 0.05) is 12.4 Å². The van der Waals surface area contributed by atoms with Crippen LogP contribution in [0.25, 0.3) is 0 Å². The second-order valence-electron chi connectivity index (χ2n) is 2.50. The molecule has 0 radical (unpaired) electrons. The average Bonchev–Trinajstić information content (AvgIpc) is 2.48. The molecule has 1 saturated heterocycles. The Morgan fingerprint density at radius 1 is 1.82 bits per heavy atom. The molecule has 5 nitrogen and oxygen atoms in total. The van der Waals surface area contributed by atoms with Crippen LogP contribution in [0.5, 0.6) is 0 Å². The number of rotatable bonds is 2. The van der Waals surface area contributed by atoms with Crippen molar-refractivity contribution in [1.29, 1.82) is 0 Å². The van der Waals surface area contributed by atoms with Gasteiger partial charge in [-0.15, -0.1) is 0 Å². The minimum absolute atomic E-state index is 0.105. The van der Waals surface area contributed by atoms with E-state index in [0.717, 1.165) is 0 Å². The molecule has 2 heterocycles. The quantitative estimate of drug-likeness (QED) is 0.547. The third kappa shape index (κ3) is 1.20. The van der Waals surface area contributed by atoms with Gasteiger partial charge in [-0.05, 0) is 0 Å². The van der Waals surface area contributed by atoms with E-state index in [1.165, 1.54) is 0 Å². The number of nitrogen functional groups attached to an aromatic ring is 1. The summed E-state index contributed by atoms with van der Waals surface area (Å²) in [5.41, 5.74) is 5.48. The Bertz CT molecular complexity index is 260. The van der Waals surface area contributed by atoms with Gasteiger partial charge in [-0.2, -0.15) is 0 Å². The first kappa shape index (κ1) is 6.63. The second-order valence-corrected chi connectivity index (χ2v) is 2.50. The van der Waals surface area contributed by atoms with Gasteiger partial charge in [0.05, 0.1) is 6.54 Å². The van der Waals surface area contributed by atoms with Gasteiger partial charge in [0.15, 0.2) is 12.2 Å². The molecule has 2 atom stereocenters. The molecule has 1 aliphatic rings. The molecule has 1 fully saturated rings. The van der Waals surface area contributed by atoms with Crippen molar-refractivity contribution in [3.63, 3.8) is 0 Å². The fourth-order valence-corrected chi connectivity index (χ4v) is 0.956. The fourth-order valence-electron chi connectivity index (χ4n) is 0.956. The maximum absolute atomic E-state index is 8.82. The van der Waals surface area contributed by atoms with Crippen LogP contribution >= 0.6 is 0 Å². The number of aliphatic hydroxyl groups is 1. The summed E-state index contributed by atoms with van der Waals surface area (Å²) in [6, 6.07) is 0. The smallest absolute Gasteiger partial charge is 0.200 e. The number of nitrogens with zero attached hydrogens (tertiary/aromatic N) is 2. The maximum atomic E-state index is 8.82. The standard InChI is InChI=1S/C6H9N3O2/c7-6-8-1-2-9(6)3-4-5(10)11-4/h1-2,4-5,10H,3H2,(H2,7,8). The summed E-state index contributed by atoms with van der Waals surface area (Å²) in [6.07, 6.45) is 2.65. The first-order valence-electron chi connectivity index (χ1n) is 3.37. The number of aromatic nitrogens is 2. The highest BCUT2D eigenvalue weighted by atomic mass is 16.7. The van der Waals surface area contributed by atoms with Gasteiger partial charge in [0.25, 0.3) is 0 Å². The van der Waals surface area contributed by atoms with E-state index in [-0.39, 0.29) is 6.10 Å². The minimum Gasteiger partial charge on any atom is -0.369 e. The summed E-state index contributed by atoms with van der Waals surface area (Å²) in [6.45, 7) is 0.576. The molecule has 0 spiro atoms. The SMILES string of the molecule is Nc1nccn1CC1OC1O. The minimum atomic E-state index is -0.614. The molecule has 3 N–H and O–H groups in total. The van der Waals surface area contributed by atoms with Gasteiger partial charge in [0.1, 0.15) is 6.10 Å². The summed E-state index contributed by atoms with van der Waals surface area (Å²) in [7, 11) is 0. The molecule has 60 valence electrons. The normalized spacial score (nSPS) is 28.8. The number of hydrogen-bond acceptors (Lipinski definition) is 4. The molecule has 0 aromatic carbocycles. The lowest BCUT2D eigenvalue weighted by Crippen LogP contribution is -2.08. The van der Waals surface area contributed by atoms with Crippen LogP contribution in [0, 0.1) is 0 Å². The average molecular weight is 155 g/mol. The summed E-state index contributed by atoms with van der Waals surface area (Å²) in [5.74, 6) is 0.452. The van der Waals surface area contributed by atoms with E-state index in [2.05, 4.69) is 4.98 Å². The van der Waals surface area contributed by atoms with Crippen LogP contribution < -0.4 is 5.73 Å². The molecule has 5 heteroatoms. The lowest BCUT2D eigenvalue weighted by Gasteiger charge is -1.98. The molecule has 0 amide bonds. The van der Waals surface area contributed by atoms with Gasteiger partial charge >= 0.3 is 0 Å². The molecule has 1 aromatic heterocycles. The lowest BCUT2D eigenvalue weighted by atomic mass is 10.4. The number of nitrogens with two attached hydrogens (primary N) is 1. The van der Waals surface area contributed by atoms with Gasteiger partial charge in [0.2, 0.25) is 0 Å². The van der Waals surface area contributed by atoms with Crippen LogP contribution in [-0.4, -0.2) is 27.1 Å². The zero-order valence-corrected chi connectivity index (χ0v) is 5.84. The van der Waals surface area contributed by atoms with Gasteiger partial charge in [-0.3, -0.25) is 0 Å². The molecule has 0 bridgehead atoms. The molecule has 2 rings (SSSR count). The third-order valence-corrected chi connectivity index (χ3v) is 1.68. The first-order valence-corrected chi connectivity index (χ1v) is 3.37. The molecule has 2 unspecified atom stereocenters. The van der Waals surface area contributed by atoms with Crippen molar-refractivity contribution in [1.82, 2.24) is 9.55 Å². The lowest BCUT2D eigenvalue weighted by molar-refractivity contribution is 0.156. The third-order valence-electron chi connectivity index (χ3n) is 1.68. The van der Waals surface area contributed by atoms with E-state index in [4.69, 9.17) is 15.6 Å². The van der Waals surface area contributed by atoms with E-state index in [9.17, 15) is 0 Å². The largest absolute Gasteiger partial charge is 0.369 e. The topological polar surface area (TPSA) is 76.6 Å². The van der Waals surface area contributed by atoms with Crippen molar-refractivity contribution < 1.29 is 9.84 Å². The highest BCUT2D eigenvalue weighted by Gasteiger charge is 2.37. The van der Waals surface area contributed by atoms with Gasteiger partial charge in [-0.25, -0.2) is 4.98 Å². The summed E-state index contributed by atoms with van der Waals surface area (Å²) >= 11 is 0. The van der Waals surface area contributed by atoms with Crippen molar-refractivity contribution in [3.8, 4) is 0 Å². The Balaban J connectivity index is 2.01. The molecule has 0 aliphatic carbocycles. The number of anilines is 1. The predicted molar refractivity (Wildman–Crippen MR) is 37.5 cm³/mol. The van der Waals surface area contributed by atoms with E-state index < -0.39 is 6.29 Å². The Labute approximate surface area is 63.4 Å². The molecule has 11 heavy (non-hydrogen) atoms. The highest BCUT2D eigenvalue weighted by Crippen LogP contribution is 2.21. The van der Waals surface area contributed by atoms with Crippen molar-refractivity contribution in [3.05, 3.63) is 12.4 Å². The zero-order valence-electron chi connectivity index (χ0n) is 5.84. The molecule has 1 aromatic rings. The fraction of sp³-hybridized carbons (Fsp3) is 0.500. The number of imidazole rings is 1. The Morgan fingerprint density at radius 3 is 3.00 bits per heavy atom. The first-order chi connectivity index (χ1) is 5.27. The van der Waals surface area contributed by atoms with Crippen molar-refractivity contribution >= 4 is 5.95 Å². The van der Waals surface area contributed by atoms with E-state index in [0.29, 0.717) is 12.5 Å². The number of aliphatic hydroxyl groups excluding tert-OH is 1. The highest BCUT2D eigenvalue weighted by molar-refractivity contribution is 5.16. The van der Waals surface area contributed by atoms with Crippen LogP contribution in [-0.2, 0) is 11.3 Å².